The molecule has 0 saturated carbocycles. The molecular formula is C13H25N3S. The second-order valence-electron chi connectivity index (χ2n) is 5.31. The Bertz CT molecular complexity index is 309. The van der Waals surface area contributed by atoms with Gasteiger partial charge in [-0.05, 0) is 43.3 Å². The van der Waals surface area contributed by atoms with Gasteiger partial charge in [0.15, 0.2) is 0 Å². The molecule has 3 nitrogen and oxygen atoms in total. The highest BCUT2D eigenvalue weighted by Crippen LogP contribution is 2.11. The number of thiol groups is 1. The first-order valence-corrected chi connectivity index (χ1v) is 7.25. The zero-order valence-electron chi connectivity index (χ0n) is 11.3. The van der Waals surface area contributed by atoms with Gasteiger partial charge >= 0.3 is 0 Å². The van der Waals surface area contributed by atoms with Gasteiger partial charge in [-0.25, -0.2) is 4.68 Å². The lowest BCUT2D eigenvalue weighted by Crippen LogP contribution is -2.08. The van der Waals surface area contributed by atoms with Gasteiger partial charge in [0.05, 0.1) is 11.9 Å². The van der Waals surface area contributed by atoms with Gasteiger partial charge in [-0.15, -0.1) is 5.10 Å². The van der Waals surface area contributed by atoms with Crippen molar-refractivity contribution in [1.29, 1.82) is 0 Å². The van der Waals surface area contributed by atoms with Crippen LogP contribution in [0.25, 0.3) is 0 Å². The fourth-order valence-corrected chi connectivity index (χ4v) is 1.98. The highest BCUT2D eigenvalue weighted by Gasteiger charge is 2.06. The lowest BCUT2D eigenvalue weighted by atomic mass is 10.1. The average Bonchev–Trinajstić information content (AvgIpc) is 2.73. The maximum atomic E-state index is 4.31. The largest absolute Gasteiger partial charge is 0.249 e. The van der Waals surface area contributed by atoms with Crippen molar-refractivity contribution in [1.82, 2.24) is 15.0 Å². The average molecular weight is 255 g/mol. The standard InChI is InChI=1S/C13H25N3S/c1-11(2)5-4-8-16-13(9-14-15-16)7-6-12(3)10-17/h9,11-12,17H,4-8,10H2,1-3H3. The second-order valence-corrected chi connectivity index (χ2v) is 5.68. The van der Waals surface area contributed by atoms with Gasteiger partial charge in [0.1, 0.15) is 0 Å². The van der Waals surface area contributed by atoms with Crippen LogP contribution in [0.1, 0.15) is 45.7 Å². The maximum Gasteiger partial charge on any atom is 0.0725 e. The maximum absolute atomic E-state index is 4.31. The molecule has 0 radical (unpaired) electrons. The van der Waals surface area contributed by atoms with Gasteiger partial charge < -0.3 is 0 Å². The van der Waals surface area contributed by atoms with E-state index in [0.29, 0.717) is 5.92 Å². The van der Waals surface area contributed by atoms with E-state index in [-0.39, 0.29) is 0 Å². The summed E-state index contributed by atoms with van der Waals surface area (Å²) < 4.78 is 2.06. The Morgan fingerprint density at radius 1 is 1.29 bits per heavy atom. The summed E-state index contributed by atoms with van der Waals surface area (Å²) in [6, 6.07) is 0. The molecule has 0 amide bonds. The quantitative estimate of drug-likeness (QED) is 0.723. The molecule has 1 aromatic rings. The number of hydrogen-bond acceptors (Lipinski definition) is 3. The van der Waals surface area contributed by atoms with Gasteiger partial charge in [-0.2, -0.15) is 12.6 Å². The van der Waals surface area contributed by atoms with Crippen LogP contribution in [0.3, 0.4) is 0 Å². The van der Waals surface area contributed by atoms with Crippen LogP contribution in [0.2, 0.25) is 0 Å². The number of aromatic nitrogens is 3. The van der Waals surface area contributed by atoms with Gasteiger partial charge in [-0.1, -0.05) is 26.0 Å². The molecule has 1 rings (SSSR count). The van der Waals surface area contributed by atoms with Crippen molar-refractivity contribution in [3.05, 3.63) is 11.9 Å². The summed E-state index contributed by atoms with van der Waals surface area (Å²) in [7, 11) is 0. The third-order valence-corrected chi connectivity index (χ3v) is 3.68. The van der Waals surface area contributed by atoms with Crippen molar-refractivity contribution in [3.63, 3.8) is 0 Å². The summed E-state index contributed by atoms with van der Waals surface area (Å²) in [5.74, 6) is 2.39. The van der Waals surface area contributed by atoms with E-state index in [9.17, 15) is 0 Å². The minimum atomic E-state index is 0.664. The fourth-order valence-electron chi connectivity index (χ4n) is 1.80. The molecule has 0 spiro atoms. The highest BCUT2D eigenvalue weighted by atomic mass is 32.1. The Balaban J connectivity index is 2.37. The normalized spacial score (nSPS) is 13.2. The Labute approximate surface area is 110 Å². The summed E-state index contributed by atoms with van der Waals surface area (Å²) in [6.45, 7) is 7.76. The predicted molar refractivity (Wildman–Crippen MR) is 75.4 cm³/mol. The summed E-state index contributed by atoms with van der Waals surface area (Å²) in [5.41, 5.74) is 1.27. The number of hydrogen-bond donors (Lipinski definition) is 1. The monoisotopic (exact) mass is 255 g/mol. The smallest absolute Gasteiger partial charge is 0.0725 e. The molecule has 1 heterocycles. The molecule has 0 bridgehead atoms. The van der Waals surface area contributed by atoms with Crippen LogP contribution in [-0.2, 0) is 13.0 Å². The number of nitrogens with zero attached hydrogens (tertiary/aromatic N) is 3. The molecule has 0 aliphatic heterocycles. The van der Waals surface area contributed by atoms with E-state index < -0.39 is 0 Å². The van der Waals surface area contributed by atoms with Crippen LogP contribution >= 0.6 is 12.6 Å². The summed E-state index contributed by atoms with van der Waals surface area (Å²) in [6.07, 6.45) is 6.58. The molecule has 0 aliphatic carbocycles. The molecule has 0 aliphatic rings. The highest BCUT2D eigenvalue weighted by molar-refractivity contribution is 7.80. The molecule has 1 unspecified atom stereocenters. The third kappa shape index (κ3) is 5.57. The van der Waals surface area contributed by atoms with E-state index in [1.54, 1.807) is 0 Å². The molecular weight excluding hydrogens is 230 g/mol. The topological polar surface area (TPSA) is 30.7 Å². The molecule has 0 N–H and O–H groups in total. The van der Waals surface area contributed by atoms with Crippen LogP contribution < -0.4 is 0 Å². The SMILES string of the molecule is CC(C)CCCn1nncc1CCC(C)CS. The van der Waals surface area contributed by atoms with Crippen LogP contribution in [0.15, 0.2) is 6.20 Å². The van der Waals surface area contributed by atoms with E-state index in [1.807, 2.05) is 6.20 Å². The van der Waals surface area contributed by atoms with Gasteiger partial charge in [0.25, 0.3) is 0 Å². The van der Waals surface area contributed by atoms with Crippen LogP contribution in [-0.4, -0.2) is 20.7 Å². The third-order valence-electron chi connectivity index (χ3n) is 3.05. The van der Waals surface area contributed by atoms with Crippen molar-refractivity contribution in [2.75, 3.05) is 5.75 Å². The van der Waals surface area contributed by atoms with E-state index in [2.05, 4.69) is 48.4 Å². The second kappa shape index (κ2) is 7.75. The van der Waals surface area contributed by atoms with Gasteiger partial charge in [-0.3, -0.25) is 0 Å². The zero-order chi connectivity index (χ0) is 12.7. The Morgan fingerprint density at radius 3 is 2.71 bits per heavy atom. The van der Waals surface area contributed by atoms with Gasteiger partial charge in [0.2, 0.25) is 0 Å². The van der Waals surface area contributed by atoms with Crippen molar-refractivity contribution < 1.29 is 0 Å². The van der Waals surface area contributed by atoms with Crippen LogP contribution in [0, 0.1) is 11.8 Å². The first-order valence-electron chi connectivity index (χ1n) is 6.61. The van der Waals surface area contributed by atoms with Crippen molar-refractivity contribution in [3.8, 4) is 0 Å². The summed E-state index contributed by atoms with van der Waals surface area (Å²) in [5, 5.41) is 8.18. The minimum Gasteiger partial charge on any atom is -0.249 e. The van der Waals surface area contributed by atoms with Crippen molar-refractivity contribution in [2.24, 2.45) is 11.8 Å². The Morgan fingerprint density at radius 2 is 2.06 bits per heavy atom. The lowest BCUT2D eigenvalue weighted by molar-refractivity contribution is 0.466. The molecule has 0 fully saturated rings. The van der Waals surface area contributed by atoms with E-state index in [4.69, 9.17) is 0 Å². The summed E-state index contributed by atoms with van der Waals surface area (Å²) in [4.78, 5) is 0. The molecule has 0 aromatic carbocycles. The molecule has 1 aromatic heterocycles. The van der Waals surface area contributed by atoms with Gasteiger partial charge in [0, 0.05) is 6.54 Å². The van der Waals surface area contributed by atoms with E-state index in [0.717, 1.165) is 24.6 Å². The molecule has 98 valence electrons. The van der Waals surface area contributed by atoms with Crippen LogP contribution in [0.4, 0.5) is 0 Å². The first-order chi connectivity index (χ1) is 8.13. The zero-order valence-corrected chi connectivity index (χ0v) is 12.2. The summed E-state index contributed by atoms with van der Waals surface area (Å²) >= 11 is 4.31. The molecule has 1 atom stereocenters. The van der Waals surface area contributed by atoms with E-state index >= 15 is 0 Å². The lowest BCUT2D eigenvalue weighted by Gasteiger charge is -2.10. The molecule has 17 heavy (non-hydrogen) atoms. The number of rotatable bonds is 8. The van der Waals surface area contributed by atoms with Crippen LogP contribution in [0.5, 0.6) is 0 Å². The first kappa shape index (κ1) is 14.6. The predicted octanol–water partition coefficient (Wildman–Crippen LogP) is 3.21. The Kier molecular flexibility index (Phi) is 6.63. The minimum absolute atomic E-state index is 0.664. The number of aryl methyl sites for hydroxylation is 2. The van der Waals surface area contributed by atoms with E-state index in [1.165, 1.54) is 25.0 Å². The van der Waals surface area contributed by atoms with Crippen molar-refractivity contribution >= 4 is 12.6 Å². The molecule has 4 heteroatoms. The van der Waals surface area contributed by atoms with Crippen molar-refractivity contribution in [2.45, 2.75) is 53.0 Å². The molecule has 0 saturated heterocycles. The fraction of sp³-hybridized carbons (Fsp3) is 0.846. The Hall–Kier alpha value is -0.510.